The predicted octanol–water partition coefficient (Wildman–Crippen LogP) is 2.28. The fourth-order valence-electron chi connectivity index (χ4n) is 1.62. The van der Waals surface area contributed by atoms with Crippen molar-refractivity contribution in [2.24, 2.45) is 5.92 Å². The molecule has 0 saturated heterocycles. The zero-order chi connectivity index (χ0) is 13.5. The molecule has 0 aliphatic rings. The second-order valence-corrected chi connectivity index (χ2v) is 4.11. The highest BCUT2D eigenvalue weighted by molar-refractivity contribution is 5.76. The first-order valence-corrected chi connectivity index (χ1v) is 5.76. The van der Waals surface area contributed by atoms with Crippen LogP contribution in [0.2, 0.25) is 0 Å². The highest BCUT2D eigenvalue weighted by Crippen LogP contribution is 2.09. The molecule has 98 valence electrons. The van der Waals surface area contributed by atoms with Crippen molar-refractivity contribution >= 4 is 5.97 Å². The highest BCUT2D eigenvalue weighted by atomic mass is 19.1. The molecular formula is C14H18FNO2. The standard InChI is InChI=1S/C14H18FNO2/c1-4-10(2)13(14(17)18-3)16-9-11-6-5-7-12(15)8-11/h4-8,10,13,16H,1,9H2,2-3H3/t10-,13-/m1/s1. The van der Waals surface area contributed by atoms with Gasteiger partial charge in [-0.25, -0.2) is 4.39 Å². The van der Waals surface area contributed by atoms with Crippen molar-refractivity contribution in [1.82, 2.24) is 5.32 Å². The van der Waals surface area contributed by atoms with E-state index < -0.39 is 6.04 Å². The molecule has 0 aliphatic heterocycles. The Kier molecular flexibility index (Phi) is 5.52. The number of hydrogen-bond acceptors (Lipinski definition) is 3. The lowest BCUT2D eigenvalue weighted by atomic mass is 10.0. The van der Waals surface area contributed by atoms with E-state index in [0.717, 1.165) is 5.56 Å². The Morgan fingerprint density at radius 3 is 2.89 bits per heavy atom. The van der Waals surface area contributed by atoms with Gasteiger partial charge in [0.05, 0.1) is 7.11 Å². The van der Waals surface area contributed by atoms with Crippen LogP contribution in [-0.2, 0) is 16.1 Å². The van der Waals surface area contributed by atoms with Crippen LogP contribution in [0.5, 0.6) is 0 Å². The summed E-state index contributed by atoms with van der Waals surface area (Å²) >= 11 is 0. The van der Waals surface area contributed by atoms with Gasteiger partial charge in [-0.05, 0) is 23.6 Å². The van der Waals surface area contributed by atoms with Gasteiger partial charge < -0.3 is 4.74 Å². The monoisotopic (exact) mass is 251 g/mol. The minimum absolute atomic E-state index is 0.0639. The molecule has 0 amide bonds. The van der Waals surface area contributed by atoms with Crippen molar-refractivity contribution in [2.75, 3.05) is 7.11 Å². The molecule has 0 fully saturated rings. The maximum Gasteiger partial charge on any atom is 0.323 e. The number of nitrogens with one attached hydrogen (secondary N) is 1. The van der Waals surface area contributed by atoms with Gasteiger partial charge in [0.15, 0.2) is 0 Å². The second kappa shape index (κ2) is 6.91. The summed E-state index contributed by atoms with van der Waals surface area (Å²) in [6.45, 7) is 5.93. The molecule has 0 saturated carbocycles. The van der Waals surface area contributed by atoms with Crippen LogP contribution in [0.15, 0.2) is 36.9 Å². The Bertz CT molecular complexity index is 420. The van der Waals surface area contributed by atoms with Crippen LogP contribution in [0.25, 0.3) is 0 Å². The quantitative estimate of drug-likeness (QED) is 0.622. The third kappa shape index (κ3) is 3.96. The first kappa shape index (κ1) is 14.4. The van der Waals surface area contributed by atoms with Gasteiger partial charge in [0.1, 0.15) is 11.9 Å². The van der Waals surface area contributed by atoms with Crippen LogP contribution >= 0.6 is 0 Å². The Morgan fingerprint density at radius 1 is 1.61 bits per heavy atom. The molecule has 1 N–H and O–H groups in total. The molecule has 3 nitrogen and oxygen atoms in total. The molecule has 0 aromatic heterocycles. The third-order valence-electron chi connectivity index (χ3n) is 2.77. The van der Waals surface area contributed by atoms with Gasteiger partial charge >= 0.3 is 5.97 Å². The van der Waals surface area contributed by atoms with Gasteiger partial charge in [0.2, 0.25) is 0 Å². The number of carbonyl (C=O) groups is 1. The molecule has 0 bridgehead atoms. The van der Waals surface area contributed by atoms with E-state index in [1.54, 1.807) is 18.2 Å². The summed E-state index contributed by atoms with van der Waals surface area (Å²) in [4.78, 5) is 11.6. The number of carbonyl (C=O) groups excluding carboxylic acids is 1. The van der Waals surface area contributed by atoms with E-state index in [0.29, 0.717) is 6.54 Å². The number of halogens is 1. The lowest BCUT2D eigenvalue weighted by molar-refractivity contribution is -0.144. The Balaban J connectivity index is 2.67. The van der Waals surface area contributed by atoms with Crippen LogP contribution < -0.4 is 5.32 Å². The zero-order valence-corrected chi connectivity index (χ0v) is 10.7. The van der Waals surface area contributed by atoms with Crippen LogP contribution in [0.1, 0.15) is 12.5 Å². The number of ether oxygens (including phenoxy) is 1. The molecular weight excluding hydrogens is 233 g/mol. The summed E-state index contributed by atoms with van der Waals surface area (Å²) in [5.74, 6) is -0.703. The van der Waals surface area contributed by atoms with Crippen molar-refractivity contribution in [3.8, 4) is 0 Å². The van der Waals surface area contributed by atoms with E-state index in [9.17, 15) is 9.18 Å². The van der Waals surface area contributed by atoms with E-state index in [1.807, 2.05) is 6.92 Å². The van der Waals surface area contributed by atoms with Crippen LogP contribution in [0.4, 0.5) is 4.39 Å². The van der Waals surface area contributed by atoms with Gasteiger partial charge in [-0.2, -0.15) is 0 Å². The molecule has 0 spiro atoms. The molecule has 1 aromatic carbocycles. The number of methoxy groups -OCH3 is 1. The molecule has 2 atom stereocenters. The van der Waals surface area contributed by atoms with Crippen molar-refractivity contribution in [1.29, 1.82) is 0 Å². The largest absolute Gasteiger partial charge is 0.468 e. The van der Waals surface area contributed by atoms with Crippen molar-refractivity contribution in [3.63, 3.8) is 0 Å². The fourth-order valence-corrected chi connectivity index (χ4v) is 1.62. The van der Waals surface area contributed by atoms with Crippen molar-refractivity contribution in [2.45, 2.75) is 19.5 Å². The number of esters is 1. The van der Waals surface area contributed by atoms with E-state index in [4.69, 9.17) is 4.74 Å². The minimum Gasteiger partial charge on any atom is -0.468 e. The third-order valence-corrected chi connectivity index (χ3v) is 2.77. The van der Waals surface area contributed by atoms with Gasteiger partial charge in [0, 0.05) is 6.54 Å². The molecule has 1 rings (SSSR count). The molecule has 1 aromatic rings. The maximum absolute atomic E-state index is 13.0. The Labute approximate surface area is 107 Å². The van der Waals surface area contributed by atoms with E-state index >= 15 is 0 Å². The first-order valence-electron chi connectivity index (χ1n) is 5.76. The van der Waals surface area contributed by atoms with Gasteiger partial charge in [-0.1, -0.05) is 25.1 Å². The zero-order valence-electron chi connectivity index (χ0n) is 10.7. The summed E-state index contributed by atoms with van der Waals surface area (Å²) in [5, 5.41) is 3.05. The molecule has 0 radical (unpaired) electrons. The minimum atomic E-state index is -0.476. The van der Waals surface area contributed by atoms with Crippen molar-refractivity contribution < 1.29 is 13.9 Å². The highest BCUT2D eigenvalue weighted by Gasteiger charge is 2.23. The summed E-state index contributed by atoms with van der Waals surface area (Å²) in [7, 11) is 1.34. The lowest BCUT2D eigenvalue weighted by Crippen LogP contribution is -2.41. The van der Waals surface area contributed by atoms with Crippen LogP contribution in [0, 0.1) is 11.7 Å². The molecule has 0 unspecified atom stereocenters. The topological polar surface area (TPSA) is 38.3 Å². The summed E-state index contributed by atoms with van der Waals surface area (Å²) < 4.78 is 17.7. The van der Waals surface area contributed by atoms with Crippen LogP contribution in [0.3, 0.4) is 0 Å². The Morgan fingerprint density at radius 2 is 2.33 bits per heavy atom. The lowest BCUT2D eigenvalue weighted by Gasteiger charge is -2.20. The molecule has 4 heteroatoms. The molecule has 0 heterocycles. The normalized spacial score (nSPS) is 13.7. The van der Waals surface area contributed by atoms with Gasteiger partial charge in [-0.3, -0.25) is 10.1 Å². The summed E-state index contributed by atoms with van der Waals surface area (Å²) in [5.41, 5.74) is 0.778. The number of rotatable bonds is 6. The van der Waals surface area contributed by atoms with Gasteiger partial charge in [-0.15, -0.1) is 6.58 Å². The summed E-state index contributed by atoms with van der Waals surface area (Å²) in [6.07, 6.45) is 1.68. The number of benzene rings is 1. The maximum atomic E-state index is 13.0. The smallest absolute Gasteiger partial charge is 0.323 e. The molecule has 18 heavy (non-hydrogen) atoms. The second-order valence-electron chi connectivity index (χ2n) is 4.11. The fraction of sp³-hybridized carbons (Fsp3) is 0.357. The van der Waals surface area contributed by atoms with E-state index in [2.05, 4.69) is 11.9 Å². The number of hydrogen-bond donors (Lipinski definition) is 1. The SMILES string of the molecule is C=C[C@@H](C)[C@@H](NCc1cccc(F)c1)C(=O)OC. The average Bonchev–Trinajstić information content (AvgIpc) is 2.38. The van der Waals surface area contributed by atoms with E-state index in [-0.39, 0.29) is 17.7 Å². The van der Waals surface area contributed by atoms with Crippen LogP contribution in [-0.4, -0.2) is 19.1 Å². The molecule has 0 aliphatic carbocycles. The van der Waals surface area contributed by atoms with Gasteiger partial charge in [0.25, 0.3) is 0 Å². The first-order chi connectivity index (χ1) is 8.58. The van der Waals surface area contributed by atoms with E-state index in [1.165, 1.54) is 19.2 Å². The Hall–Kier alpha value is -1.68. The predicted molar refractivity (Wildman–Crippen MR) is 68.4 cm³/mol. The summed E-state index contributed by atoms with van der Waals surface area (Å²) in [6, 6.07) is 5.77. The average molecular weight is 251 g/mol. The van der Waals surface area contributed by atoms with Crippen molar-refractivity contribution in [3.05, 3.63) is 48.3 Å².